The molecule has 2 saturated heterocycles. The number of benzene rings is 2. The van der Waals surface area contributed by atoms with Gasteiger partial charge in [0.05, 0.1) is 0 Å². The van der Waals surface area contributed by atoms with Crippen LogP contribution in [0.5, 0.6) is 0 Å². The fourth-order valence-electron chi connectivity index (χ4n) is 3.64. The van der Waals surface area contributed by atoms with Crippen LogP contribution in [0.4, 0.5) is 0 Å². The summed E-state index contributed by atoms with van der Waals surface area (Å²) in [6.45, 7) is 6.58. The van der Waals surface area contributed by atoms with Gasteiger partial charge in [-0.05, 0) is 62.5 Å². The first-order valence-electron chi connectivity index (χ1n) is 9.45. The van der Waals surface area contributed by atoms with Gasteiger partial charge in [-0.2, -0.15) is 0 Å². The summed E-state index contributed by atoms with van der Waals surface area (Å²) in [7, 11) is 0. The standard InChI is InChI=1S/C12H10.C10H20N2/c1-3-7-11(8-4-1)12-9-5-2-6-10-12;1-2-6-12(7-3-1)9-10-4-5-11-8-10/h1-10H;10-11H,1-9H2. The number of hydrogen-bond donors (Lipinski definition) is 1. The molecule has 2 aliphatic rings. The van der Waals surface area contributed by atoms with Crippen molar-refractivity contribution in [2.45, 2.75) is 25.7 Å². The van der Waals surface area contributed by atoms with Crippen LogP contribution in [0.25, 0.3) is 11.1 Å². The summed E-state index contributed by atoms with van der Waals surface area (Å²) in [4.78, 5) is 2.65. The molecule has 2 fully saturated rings. The second-order valence-corrected chi connectivity index (χ2v) is 6.95. The van der Waals surface area contributed by atoms with E-state index in [4.69, 9.17) is 0 Å². The van der Waals surface area contributed by atoms with Gasteiger partial charge in [0.1, 0.15) is 0 Å². The van der Waals surface area contributed by atoms with Crippen LogP contribution >= 0.6 is 0 Å². The van der Waals surface area contributed by atoms with Gasteiger partial charge in [-0.1, -0.05) is 67.1 Å². The van der Waals surface area contributed by atoms with Gasteiger partial charge in [-0.25, -0.2) is 0 Å². The van der Waals surface area contributed by atoms with E-state index in [0.29, 0.717) is 0 Å². The highest BCUT2D eigenvalue weighted by Gasteiger charge is 2.18. The molecular weight excluding hydrogens is 292 g/mol. The van der Waals surface area contributed by atoms with Gasteiger partial charge < -0.3 is 10.2 Å². The van der Waals surface area contributed by atoms with E-state index in [0.717, 1.165) is 5.92 Å². The summed E-state index contributed by atoms with van der Waals surface area (Å²) >= 11 is 0. The smallest absolute Gasteiger partial charge is 0.00223 e. The number of rotatable bonds is 3. The molecule has 4 rings (SSSR count). The average molecular weight is 322 g/mol. The highest BCUT2D eigenvalue weighted by atomic mass is 15.1. The van der Waals surface area contributed by atoms with Crippen LogP contribution in [0.2, 0.25) is 0 Å². The van der Waals surface area contributed by atoms with Crippen LogP contribution < -0.4 is 5.32 Å². The number of hydrogen-bond acceptors (Lipinski definition) is 2. The van der Waals surface area contributed by atoms with Gasteiger partial charge in [0, 0.05) is 6.54 Å². The normalized spacial score (nSPS) is 21.1. The third-order valence-corrected chi connectivity index (χ3v) is 5.01. The van der Waals surface area contributed by atoms with Gasteiger partial charge in [0.15, 0.2) is 0 Å². The highest BCUT2D eigenvalue weighted by molar-refractivity contribution is 5.62. The Morgan fingerprint density at radius 3 is 1.88 bits per heavy atom. The fraction of sp³-hybridized carbons (Fsp3) is 0.455. The lowest BCUT2D eigenvalue weighted by atomic mass is 10.1. The molecule has 0 aliphatic carbocycles. The summed E-state index contributed by atoms with van der Waals surface area (Å²) in [5.41, 5.74) is 2.55. The monoisotopic (exact) mass is 322 g/mol. The third-order valence-electron chi connectivity index (χ3n) is 5.01. The molecule has 0 amide bonds. The molecular formula is C22H30N2. The van der Waals surface area contributed by atoms with Gasteiger partial charge in [-0.15, -0.1) is 0 Å². The molecule has 0 aromatic heterocycles. The Bertz CT molecular complexity index is 518. The molecule has 2 heteroatoms. The van der Waals surface area contributed by atoms with E-state index >= 15 is 0 Å². The quantitative estimate of drug-likeness (QED) is 0.899. The Morgan fingerprint density at radius 1 is 0.792 bits per heavy atom. The van der Waals surface area contributed by atoms with E-state index in [9.17, 15) is 0 Å². The first-order valence-corrected chi connectivity index (χ1v) is 9.45. The van der Waals surface area contributed by atoms with Crippen LogP contribution in [0.15, 0.2) is 60.7 Å². The van der Waals surface area contributed by atoms with Crippen molar-refractivity contribution in [2.24, 2.45) is 5.92 Å². The van der Waals surface area contributed by atoms with Crippen molar-refractivity contribution in [1.82, 2.24) is 10.2 Å². The van der Waals surface area contributed by atoms with Crippen LogP contribution in [0, 0.1) is 5.92 Å². The Hall–Kier alpha value is -1.64. The summed E-state index contributed by atoms with van der Waals surface area (Å²) in [5, 5.41) is 3.44. The van der Waals surface area contributed by atoms with E-state index in [1.54, 1.807) is 0 Å². The SMILES string of the molecule is C1CCN(CC2CCNC2)CC1.c1ccc(-c2ccccc2)cc1. The van der Waals surface area contributed by atoms with E-state index in [-0.39, 0.29) is 0 Å². The van der Waals surface area contributed by atoms with Gasteiger partial charge in [-0.3, -0.25) is 0 Å². The van der Waals surface area contributed by atoms with Crippen molar-refractivity contribution in [3.8, 4) is 11.1 Å². The third kappa shape index (κ3) is 5.47. The predicted molar refractivity (Wildman–Crippen MR) is 103 cm³/mol. The summed E-state index contributed by atoms with van der Waals surface area (Å²) in [5.74, 6) is 0.947. The molecule has 2 aliphatic heterocycles. The first-order chi connectivity index (χ1) is 11.9. The number of likely N-dealkylation sites (tertiary alicyclic amines) is 1. The van der Waals surface area contributed by atoms with E-state index in [1.165, 1.54) is 69.5 Å². The number of piperidine rings is 1. The number of nitrogens with one attached hydrogen (secondary N) is 1. The first kappa shape index (κ1) is 17.2. The lowest BCUT2D eigenvalue weighted by Gasteiger charge is -2.28. The van der Waals surface area contributed by atoms with Crippen LogP contribution in [-0.2, 0) is 0 Å². The summed E-state index contributed by atoms with van der Waals surface area (Å²) in [6.07, 6.45) is 5.72. The largest absolute Gasteiger partial charge is 0.316 e. The molecule has 1 N–H and O–H groups in total. The molecule has 1 unspecified atom stereocenters. The maximum atomic E-state index is 3.44. The van der Waals surface area contributed by atoms with Gasteiger partial charge in [0.2, 0.25) is 0 Å². The van der Waals surface area contributed by atoms with Gasteiger partial charge in [0.25, 0.3) is 0 Å². The molecule has 2 heterocycles. The zero-order chi connectivity index (χ0) is 16.5. The minimum Gasteiger partial charge on any atom is -0.316 e. The van der Waals surface area contributed by atoms with Crippen LogP contribution in [-0.4, -0.2) is 37.6 Å². The molecule has 2 aromatic carbocycles. The second-order valence-electron chi connectivity index (χ2n) is 6.95. The molecule has 2 nitrogen and oxygen atoms in total. The van der Waals surface area contributed by atoms with Gasteiger partial charge >= 0.3 is 0 Å². The zero-order valence-corrected chi connectivity index (χ0v) is 14.7. The minimum atomic E-state index is 0.947. The topological polar surface area (TPSA) is 15.3 Å². The maximum Gasteiger partial charge on any atom is 0.00223 e. The van der Waals surface area contributed by atoms with Crippen LogP contribution in [0.3, 0.4) is 0 Å². The molecule has 24 heavy (non-hydrogen) atoms. The summed E-state index contributed by atoms with van der Waals surface area (Å²) < 4.78 is 0. The zero-order valence-electron chi connectivity index (χ0n) is 14.7. The summed E-state index contributed by atoms with van der Waals surface area (Å²) in [6, 6.07) is 20.8. The molecule has 0 spiro atoms. The fourth-order valence-corrected chi connectivity index (χ4v) is 3.64. The van der Waals surface area contributed by atoms with Crippen LogP contribution in [0.1, 0.15) is 25.7 Å². The lowest BCUT2D eigenvalue weighted by molar-refractivity contribution is 0.200. The van der Waals surface area contributed by atoms with E-state index < -0.39 is 0 Å². The van der Waals surface area contributed by atoms with Crippen molar-refractivity contribution < 1.29 is 0 Å². The van der Waals surface area contributed by atoms with E-state index in [1.807, 2.05) is 12.1 Å². The molecule has 2 aromatic rings. The Kier molecular flexibility index (Phi) is 6.88. The Morgan fingerprint density at radius 2 is 1.38 bits per heavy atom. The lowest BCUT2D eigenvalue weighted by Crippen LogP contribution is -2.34. The molecule has 0 radical (unpaired) electrons. The predicted octanol–water partition coefficient (Wildman–Crippen LogP) is 4.44. The molecule has 0 saturated carbocycles. The minimum absolute atomic E-state index is 0.947. The Labute approximate surface area is 146 Å². The number of nitrogens with zero attached hydrogens (tertiary/aromatic N) is 1. The second kappa shape index (κ2) is 9.61. The van der Waals surface area contributed by atoms with Crippen molar-refractivity contribution >= 4 is 0 Å². The molecule has 0 bridgehead atoms. The maximum absolute atomic E-state index is 3.44. The van der Waals surface area contributed by atoms with Crippen molar-refractivity contribution in [3.63, 3.8) is 0 Å². The average Bonchev–Trinajstić information content (AvgIpc) is 3.18. The molecule has 128 valence electrons. The highest BCUT2D eigenvalue weighted by Crippen LogP contribution is 2.17. The molecule has 1 atom stereocenters. The Balaban J connectivity index is 0.000000141. The van der Waals surface area contributed by atoms with Crippen molar-refractivity contribution in [2.75, 3.05) is 32.7 Å². The van der Waals surface area contributed by atoms with Crippen molar-refractivity contribution in [1.29, 1.82) is 0 Å². The van der Waals surface area contributed by atoms with E-state index in [2.05, 4.69) is 58.7 Å². The van der Waals surface area contributed by atoms with Crippen molar-refractivity contribution in [3.05, 3.63) is 60.7 Å².